The lowest BCUT2D eigenvalue weighted by Crippen LogP contribution is -2.46. The Morgan fingerprint density at radius 1 is 1.32 bits per heavy atom. The minimum absolute atomic E-state index is 0. The van der Waals surface area contributed by atoms with Gasteiger partial charge in [-0.25, -0.2) is 0 Å². The lowest BCUT2D eigenvalue weighted by atomic mass is 10.2. The van der Waals surface area contributed by atoms with Gasteiger partial charge in [0.25, 0.3) is 11.6 Å². The molecule has 2 aliphatic heterocycles. The minimum Gasteiger partial charge on any atom is -0.482 e. The number of nitrogens with one attached hydrogen (secondary N) is 2. The molecule has 1 aromatic carbocycles. The summed E-state index contributed by atoms with van der Waals surface area (Å²) >= 11 is 0. The van der Waals surface area contributed by atoms with Gasteiger partial charge in [0.15, 0.2) is 6.61 Å². The maximum absolute atomic E-state index is 12.2. The van der Waals surface area contributed by atoms with E-state index in [1.807, 2.05) is 0 Å². The van der Waals surface area contributed by atoms with Crippen molar-refractivity contribution in [3.63, 3.8) is 0 Å². The SMILES string of the molecule is Cl.O=C(CN1C(=O)COc2ccc([N+](=O)[O-])cc21)NCCCN1CCNCC1. The topological polar surface area (TPSA) is 117 Å². The van der Waals surface area contributed by atoms with Crippen LogP contribution >= 0.6 is 12.4 Å². The molecule has 0 bridgehead atoms. The molecule has 11 heteroatoms. The summed E-state index contributed by atoms with van der Waals surface area (Å²) in [7, 11) is 0. The van der Waals surface area contributed by atoms with Crippen LogP contribution in [0.3, 0.4) is 0 Å². The van der Waals surface area contributed by atoms with Gasteiger partial charge in [0, 0.05) is 44.9 Å². The summed E-state index contributed by atoms with van der Waals surface area (Å²) in [6.07, 6.45) is 0.824. The molecule has 0 saturated carbocycles. The van der Waals surface area contributed by atoms with Gasteiger partial charge in [-0.1, -0.05) is 0 Å². The van der Waals surface area contributed by atoms with Crippen molar-refractivity contribution in [2.24, 2.45) is 0 Å². The number of hydrogen-bond acceptors (Lipinski definition) is 7. The molecule has 2 N–H and O–H groups in total. The predicted molar refractivity (Wildman–Crippen MR) is 105 cm³/mol. The number of non-ortho nitro benzene ring substituents is 1. The Hall–Kier alpha value is -2.43. The van der Waals surface area contributed by atoms with E-state index in [4.69, 9.17) is 4.74 Å². The monoisotopic (exact) mass is 413 g/mol. The largest absolute Gasteiger partial charge is 0.482 e. The highest BCUT2D eigenvalue weighted by Gasteiger charge is 2.29. The van der Waals surface area contributed by atoms with Crippen LogP contribution in [0.1, 0.15) is 6.42 Å². The number of amides is 2. The molecule has 2 amide bonds. The second-order valence-corrected chi connectivity index (χ2v) is 6.47. The predicted octanol–water partition coefficient (Wildman–Crippen LogP) is 0.154. The number of ether oxygens (including phenoxy) is 1. The van der Waals surface area contributed by atoms with E-state index in [2.05, 4.69) is 15.5 Å². The van der Waals surface area contributed by atoms with Gasteiger partial charge in [-0.05, 0) is 19.0 Å². The highest BCUT2D eigenvalue weighted by atomic mass is 35.5. The van der Waals surface area contributed by atoms with Crippen molar-refractivity contribution in [2.75, 3.05) is 57.3 Å². The fourth-order valence-corrected chi connectivity index (χ4v) is 3.14. The first-order chi connectivity index (χ1) is 13.0. The second kappa shape index (κ2) is 10.2. The third-order valence-electron chi connectivity index (χ3n) is 4.58. The standard InChI is InChI=1S/C17H23N5O5.ClH/c23-16(19-4-1-7-20-8-5-18-6-9-20)11-21-14-10-13(22(25)26)2-3-15(14)27-12-17(21)24;/h2-3,10,18H,1,4-9,11-12H2,(H,19,23);1H. The van der Waals surface area contributed by atoms with Crippen molar-refractivity contribution in [3.05, 3.63) is 28.3 Å². The van der Waals surface area contributed by atoms with E-state index < -0.39 is 10.8 Å². The van der Waals surface area contributed by atoms with Gasteiger partial charge >= 0.3 is 0 Å². The van der Waals surface area contributed by atoms with Crippen LogP contribution in [0.4, 0.5) is 11.4 Å². The van der Waals surface area contributed by atoms with Gasteiger partial charge in [0.1, 0.15) is 12.3 Å². The Balaban J connectivity index is 0.00000280. The average molecular weight is 414 g/mol. The van der Waals surface area contributed by atoms with Crippen molar-refractivity contribution in [1.29, 1.82) is 0 Å². The molecule has 1 fully saturated rings. The van der Waals surface area contributed by atoms with E-state index in [0.29, 0.717) is 12.3 Å². The van der Waals surface area contributed by atoms with E-state index in [1.165, 1.54) is 23.1 Å². The molecule has 0 unspecified atom stereocenters. The number of rotatable bonds is 7. The molecule has 1 aromatic rings. The Morgan fingerprint density at radius 2 is 2.07 bits per heavy atom. The number of anilines is 1. The van der Waals surface area contributed by atoms with E-state index >= 15 is 0 Å². The van der Waals surface area contributed by atoms with Crippen LogP contribution in [-0.4, -0.2) is 74.1 Å². The molecule has 0 atom stereocenters. The zero-order chi connectivity index (χ0) is 19.2. The van der Waals surface area contributed by atoms with Gasteiger partial charge in [-0.2, -0.15) is 0 Å². The van der Waals surface area contributed by atoms with Crippen LogP contribution in [0.2, 0.25) is 0 Å². The van der Waals surface area contributed by atoms with Crippen molar-refractivity contribution in [1.82, 2.24) is 15.5 Å². The van der Waals surface area contributed by atoms with E-state index in [-0.39, 0.29) is 42.8 Å². The number of piperazine rings is 1. The summed E-state index contributed by atoms with van der Waals surface area (Å²) in [5.41, 5.74) is 0.0879. The smallest absolute Gasteiger partial charge is 0.271 e. The first-order valence-electron chi connectivity index (χ1n) is 8.96. The van der Waals surface area contributed by atoms with Crippen LogP contribution < -0.4 is 20.3 Å². The Kier molecular flexibility index (Phi) is 7.97. The quantitative estimate of drug-likeness (QED) is 0.371. The molecule has 154 valence electrons. The molecular formula is C17H24ClN5O5. The molecular weight excluding hydrogens is 390 g/mol. The first-order valence-corrected chi connectivity index (χ1v) is 8.96. The number of carbonyl (C=O) groups is 2. The van der Waals surface area contributed by atoms with Gasteiger partial charge in [0.05, 0.1) is 10.6 Å². The van der Waals surface area contributed by atoms with Gasteiger partial charge in [0.2, 0.25) is 5.91 Å². The molecule has 28 heavy (non-hydrogen) atoms. The third kappa shape index (κ3) is 5.54. The number of carbonyl (C=O) groups excluding carboxylic acids is 2. The van der Waals surface area contributed by atoms with E-state index in [9.17, 15) is 19.7 Å². The first kappa shape index (κ1) is 21.9. The lowest BCUT2D eigenvalue weighted by molar-refractivity contribution is -0.384. The summed E-state index contributed by atoms with van der Waals surface area (Å²) in [6.45, 7) is 5.02. The molecule has 0 radical (unpaired) electrons. The van der Waals surface area contributed by atoms with Crippen molar-refractivity contribution < 1.29 is 19.2 Å². The number of halogens is 1. The summed E-state index contributed by atoms with van der Waals surface area (Å²) in [6, 6.07) is 4.01. The van der Waals surface area contributed by atoms with E-state index in [1.54, 1.807) is 0 Å². The van der Waals surface area contributed by atoms with Crippen molar-refractivity contribution >= 4 is 35.6 Å². The molecule has 2 heterocycles. The number of fused-ring (bicyclic) bond motifs is 1. The molecule has 0 spiro atoms. The molecule has 2 aliphatic rings. The number of nitro benzene ring substituents is 1. The Labute approximate surface area is 168 Å². The van der Waals surface area contributed by atoms with Crippen LogP contribution in [-0.2, 0) is 9.59 Å². The summed E-state index contributed by atoms with van der Waals surface area (Å²) < 4.78 is 5.29. The summed E-state index contributed by atoms with van der Waals surface area (Å²) in [5.74, 6) is -0.353. The molecule has 0 aromatic heterocycles. The number of benzene rings is 1. The molecule has 0 aliphatic carbocycles. The zero-order valence-electron chi connectivity index (χ0n) is 15.4. The molecule has 1 saturated heterocycles. The molecule has 10 nitrogen and oxygen atoms in total. The third-order valence-corrected chi connectivity index (χ3v) is 4.58. The summed E-state index contributed by atoms with van der Waals surface area (Å²) in [5, 5.41) is 17.1. The van der Waals surface area contributed by atoms with Gasteiger partial charge in [-0.3, -0.25) is 24.6 Å². The zero-order valence-corrected chi connectivity index (χ0v) is 16.2. The van der Waals surface area contributed by atoms with Gasteiger partial charge in [-0.15, -0.1) is 12.4 Å². The summed E-state index contributed by atoms with van der Waals surface area (Å²) in [4.78, 5) is 38.4. The number of nitro groups is 1. The van der Waals surface area contributed by atoms with Crippen LogP contribution in [0, 0.1) is 10.1 Å². The Morgan fingerprint density at radius 3 is 2.79 bits per heavy atom. The Bertz CT molecular complexity index is 726. The maximum atomic E-state index is 12.2. The highest BCUT2D eigenvalue weighted by Crippen LogP contribution is 2.35. The number of nitrogens with zero attached hydrogens (tertiary/aromatic N) is 3. The number of hydrogen-bond donors (Lipinski definition) is 2. The van der Waals surface area contributed by atoms with E-state index in [0.717, 1.165) is 39.1 Å². The fourth-order valence-electron chi connectivity index (χ4n) is 3.14. The normalized spacial score (nSPS) is 16.6. The fraction of sp³-hybridized carbons (Fsp3) is 0.529. The van der Waals surface area contributed by atoms with Crippen LogP contribution in [0.5, 0.6) is 5.75 Å². The second-order valence-electron chi connectivity index (χ2n) is 6.47. The lowest BCUT2D eigenvalue weighted by Gasteiger charge is -2.29. The van der Waals surface area contributed by atoms with Crippen LogP contribution in [0.25, 0.3) is 0 Å². The van der Waals surface area contributed by atoms with Crippen LogP contribution in [0.15, 0.2) is 18.2 Å². The average Bonchev–Trinajstić information content (AvgIpc) is 2.68. The van der Waals surface area contributed by atoms with Crippen molar-refractivity contribution in [3.8, 4) is 5.75 Å². The van der Waals surface area contributed by atoms with Crippen molar-refractivity contribution in [2.45, 2.75) is 6.42 Å². The van der Waals surface area contributed by atoms with Gasteiger partial charge < -0.3 is 20.3 Å². The highest BCUT2D eigenvalue weighted by molar-refractivity contribution is 6.02. The minimum atomic E-state index is -0.548. The molecule has 3 rings (SSSR count). The maximum Gasteiger partial charge on any atom is 0.271 e.